The smallest absolute Gasteiger partial charge is 0.255 e. The van der Waals surface area contributed by atoms with E-state index in [2.05, 4.69) is 27.5 Å². The van der Waals surface area contributed by atoms with Crippen LogP contribution in [0.15, 0.2) is 23.0 Å². The lowest BCUT2D eigenvalue weighted by Gasteiger charge is -2.17. The number of rotatable bonds is 7. The van der Waals surface area contributed by atoms with Crippen LogP contribution in [0.5, 0.6) is 0 Å². The molecule has 0 radical (unpaired) electrons. The van der Waals surface area contributed by atoms with Crippen LogP contribution in [0.1, 0.15) is 44.0 Å². The van der Waals surface area contributed by atoms with Gasteiger partial charge in [-0.25, -0.2) is 0 Å². The van der Waals surface area contributed by atoms with Gasteiger partial charge < -0.3 is 14.6 Å². The lowest BCUT2D eigenvalue weighted by Crippen LogP contribution is -2.34. The minimum Gasteiger partial charge on any atom is -0.364 e. The topological polar surface area (TPSA) is 78.0 Å². The predicted octanol–water partition coefficient (Wildman–Crippen LogP) is 1.86. The number of aromatic nitrogens is 4. The van der Waals surface area contributed by atoms with E-state index in [-0.39, 0.29) is 12.2 Å². The van der Waals surface area contributed by atoms with Gasteiger partial charge in [-0.05, 0) is 39.2 Å². The van der Waals surface area contributed by atoms with E-state index < -0.39 is 0 Å². The molecule has 0 saturated carbocycles. The second-order valence-corrected chi connectivity index (χ2v) is 5.87. The molecule has 7 nitrogen and oxygen atoms in total. The second kappa shape index (κ2) is 7.02. The molecule has 3 rings (SSSR count). The van der Waals surface area contributed by atoms with Gasteiger partial charge in [0.15, 0.2) is 5.82 Å². The highest BCUT2D eigenvalue weighted by atomic mass is 16.5. The van der Waals surface area contributed by atoms with Crippen LogP contribution in [0.25, 0.3) is 0 Å². The fourth-order valence-corrected chi connectivity index (χ4v) is 2.67. The lowest BCUT2D eigenvalue weighted by molar-refractivity contribution is 0.0253. The Labute approximate surface area is 130 Å². The van der Waals surface area contributed by atoms with Crippen molar-refractivity contribution in [1.82, 2.24) is 25.2 Å². The van der Waals surface area contributed by atoms with Gasteiger partial charge in [0.05, 0.1) is 6.10 Å². The Morgan fingerprint density at radius 3 is 3.09 bits per heavy atom. The number of aryl methyl sites for hydroxylation is 2. The first-order valence-corrected chi connectivity index (χ1v) is 7.87. The van der Waals surface area contributed by atoms with E-state index in [1.807, 2.05) is 30.1 Å². The summed E-state index contributed by atoms with van der Waals surface area (Å²) in [7, 11) is 0. The largest absolute Gasteiger partial charge is 0.364 e. The Bertz CT molecular complexity index is 568. The van der Waals surface area contributed by atoms with E-state index in [4.69, 9.17) is 9.26 Å². The van der Waals surface area contributed by atoms with Crippen molar-refractivity contribution in [3.8, 4) is 0 Å². The van der Waals surface area contributed by atoms with Gasteiger partial charge in [0.2, 0.25) is 0 Å². The first-order valence-electron chi connectivity index (χ1n) is 7.87. The maximum atomic E-state index is 5.99. The quantitative estimate of drug-likeness (QED) is 0.841. The first kappa shape index (κ1) is 15.2. The molecule has 0 bridgehead atoms. The molecule has 22 heavy (non-hydrogen) atoms. The Kier molecular flexibility index (Phi) is 4.84. The van der Waals surface area contributed by atoms with Crippen molar-refractivity contribution < 1.29 is 9.26 Å². The molecule has 2 aromatic rings. The third-order valence-corrected chi connectivity index (χ3v) is 3.97. The molecule has 0 spiro atoms. The van der Waals surface area contributed by atoms with Gasteiger partial charge in [-0.1, -0.05) is 5.16 Å². The van der Waals surface area contributed by atoms with E-state index in [0.29, 0.717) is 17.8 Å². The summed E-state index contributed by atoms with van der Waals surface area (Å²) in [6, 6.07) is 2.38. The SMILES string of the molecule is Cc1noc([C@@H]2CC[C@H](CNC(C)CCn3cccn3)O2)n1. The summed E-state index contributed by atoms with van der Waals surface area (Å²) < 4.78 is 13.1. The highest BCUT2D eigenvalue weighted by molar-refractivity contribution is 4.92. The van der Waals surface area contributed by atoms with E-state index in [1.54, 1.807) is 0 Å². The van der Waals surface area contributed by atoms with E-state index in [1.165, 1.54) is 0 Å². The fraction of sp³-hybridized carbons (Fsp3) is 0.667. The summed E-state index contributed by atoms with van der Waals surface area (Å²) in [6.45, 7) is 5.79. The molecule has 1 aliphatic rings. The van der Waals surface area contributed by atoms with E-state index >= 15 is 0 Å². The van der Waals surface area contributed by atoms with Crippen molar-refractivity contribution in [3.63, 3.8) is 0 Å². The Balaban J connectivity index is 1.37. The minimum atomic E-state index is -0.0487. The molecule has 1 fully saturated rings. The first-order chi connectivity index (χ1) is 10.7. The number of ether oxygens (including phenoxy) is 1. The summed E-state index contributed by atoms with van der Waals surface area (Å²) in [4.78, 5) is 4.25. The normalized spacial score (nSPS) is 23.0. The summed E-state index contributed by atoms with van der Waals surface area (Å²) in [6.07, 6.45) is 6.96. The molecule has 120 valence electrons. The van der Waals surface area contributed by atoms with Gasteiger partial charge in [0.25, 0.3) is 5.89 Å². The van der Waals surface area contributed by atoms with Crippen LogP contribution in [0.4, 0.5) is 0 Å². The Morgan fingerprint density at radius 1 is 1.45 bits per heavy atom. The highest BCUT2D eigenvalue weighted by Crippen LogP contribution is 2.31. The predicted molar refractivity (Wildman–Crippen MR) is 80.2 cm³/mol. The van der Waals surface area contributed by atoms with Crippen LogP contribution in [-0.4, -0.2) is 38.6 Å². The molecule has 1 saturated heterocycles. The fourth-order valence-electron chi connectivity index (χ4n) is 2.67. The molecule has 3 heterocycles. The van der Waals surface area contributed by atoms with Gasteiger partial charge in [-0.2, -0.15) is 10.1 Å². The maximum absolute atomic E-state index is 5.99. The number of nitrogens with one attached hydrogen (secondary N) is 1. The van der Waals surface area contributed by atoms with Gasteiger partial charge in [-0.15, -0.1) is 0 Å². The van der Waals surface area contributed by atoms with Crippen LogP contribution in [0, 0.1) is 6.92 Å². The molecular formula is C15H23N5O2. The maximum Gasteiger partial charge on any atom is 0.255 e. The number of hydrogen-bond donors (Lipinski definition) is 1. The van der Waals surface area contributed by atoms with E-state index in [0.717, 1.165) is 32.4 Å². The molecule has 1 aliphatic heterocycles. The highest BCUT2D eigenvalue weighted by Gasteiger charge is 2.30. The number of hydrogen-bond acceptors (Lipinski definition) is 6. The van der Waals surface area contributed by atoms with E-state index in [9.17, 15) is 0 Å². The molecule has 0 aliphatic carbocycles. The third kappa shape index (κ3) is 3.92. The molecule has 0 amide bonds. The zero-order valence-electron chi connectivity index (χ0n) is 13.1. The van der Waals surface area contributed by atoms with Crippen LogP contribution < -0.4 is 5.32 Å². The summed E-state index contributed by atoms with van der Waals surface area (Å²) in [5.41, 5.74) is 0. The van der Waals surface area contributed by atoms with Crippen LogP contribution >= 0.6 is 0 Å². The van der Waals surface area contributed by atoms with Crippen LogP contribution in [0.2, 0.25) is 0 Å². The van der Waals surface area contributed by atoms with Crippen molar-refractivity contribution in [2.24, 2.45) is 0 Å². The number of nitrogens with zero attached hydrogens (tertiary/aromatic N) is 4. The van der Waals surface area contributed by atoms with Crippen molar-refractivity contribution >= 4 is 0 Å². The van der Waals surface area contributed by atoms with Gasteiger partial charge in [-0.3, -0.25) is 4.68 Å². The Morgan fingerprint density at radius 2 is 2.36 bits per heavy atom. The van der Waals surface area contributed by atoms with Crippen LogP contribution in [0.3, 0.4) is 0 Å². The molecule has 1 unspecified atom stereocenters. The van der Waals surface area contributed by atoms with Crippen LogP contribution in [-0.2, 0) is 11.3 Å². The molecule has 0 aromatic carbocycles. The zero-order chi connectivity index (χ0) is 15.4. The monoisotopic (exact) mass is 305 g/mol. The average Bonchev–Trinajstić information content (AvgIpc) is 3.24. The zero-order valence-corrected chi connectivity index (χ0v) is 13.1. The van der Waals surface area contributed by atoms with Gasteiger partial charge >= 0.3 is 0 Å². The molecule has 7 heteroatoms. The minimum absolute atomic E-state index is 0.0487. The summed E-state index contributed by atoms with van der Waals surface area (Å²) >= 11 is 0. The van der Waals surface area contributed by atoms with Crippen molar-refractivity contribution in [2.75, 3.05) is 6.54 Å². The summed E-state index contributed by atoms with van der Waals surface area (Å²) in [5.74, 6) is 1.26. The molecule has 2 aromatic heterocycles. The average molecular weight is 305 g/mol. The van der Waals surface area contributed by atoms with Crippen molar-refractivity contribution in [2.45, 2.75) is 57.9 Å². The molecule has 3 atom stereocenters. The standard InChI is InChI=1S/C15H23N5O2/c1-11(6-9-20-8-3-7-17-20)16-10-13-4-5-14(21-13)15-18-12(2)19-22-15/h3,7-8,11,13-14,16H,4-6,9-10H2,1-2H3/t11?,13-,14+/m1/s1. The van der Waals surface area contributed by atoms with Crippen molar-refractivity contribution in [1.29, 1.82) is 0 Å². The Hall–Kier alpha value is -1.73. The van der Waals surface area contributed by atoms with Gasteiger partial charge in [0.1, 0.15) is 6.10 Å². The molecule has 1 N–H and O–H groups in total. The second-order valence-electron chi connectivity index (χ2n) is 5.87. The van der Waals surface area contributed by atoms with Gasteiger partial charge in [0, 0.05) is 31.5 Å². The third-order valence-electron chi connectivity index (χ3n) is 3.97. The lowest BCUT2D eigenvalue weighted by atomic mass is 10.1. The molecular weight excluding hydrogens is 282 g/mol. The van der Waals surface area contributed by atoms with Crippen molar-refractivity contribution in [3.05, 3.63) is 30.2 Å². The summed E-state index contributed by atoms with van der Waals surface area (Å²) in [5, 5.41) is 11.6.